The molecule has 4 aromatic carbocycles. The average molecular weight is 452 g/mol. The molecule has 0 aliphatic carbocycles. The predicted octanol–water partition coefficient (Wildman–Crippen LogP) is 8.76. The largest absolute Gasteiger partial charge is 0.294 e. The highest BCUT2D eigenvalue weighted by Gasteiger charge is 2.13. The Hall–Kier alpha value is -4.46. The summed E-state index contributed by atoms with van der Waals surface area (Å²) in [7, 11) is 0. The highest BCUT2D eigenvalue weighted by atomic mass is 32.1. The van der Waals surface area contributed by atoms with E-state index in [-0.39, 0.29) is 0 Å². The highest BCUT2D eigenvalue weighted by molar-refractivity contribution is 7.25. The number of thiophene rings is 1. The molecule has 0 radical (unpaired) electrons. The van der Waals surface area contributed by atoms with Crippen LogP contribution >= 0.6 is 11.3 Å². The molecule has 34 heavy (non-hydrogen) atoms. The van der Waals surface area contributed by atoms with Crippen LogP contribution in [0.2, 0.25) is 0 Å². The van der Waals surface area contributed by atoms with Gasteiger partial charge in [0.05, 0.1) is 12.1 Å². The quantitative estimate of drug-likeness (QED) is 0.241. The molecule has 0 atom stereocenters. The minimum Gasteiger partial charge on any atom is -0.294 e. The zero-order chi connectivity index (χ0) is 22.6. The van der Waals surface area contributed by atoms with Crippen LogP contribution in [-0.2, 0) is 0 Å². The summed E-state index contributed by atoms with van der Waals surface area (Å²) in [6, 6.07) is 33.9. The van der Waals surface area contributed by atoms with Gasteiger partial charge in [-0.1, -0.05) is 48.5 Å². The molecule has 7 aromatic rings. The van der Waals surface area contributed by atoms with Gasteiger partial charge in [0.2, 0.25) is 0 Å². The Morgan fingerprint density at radius 3 is 2.38 bits per heavy atom. The molecule has 0 aliphatic rings. The highest BCUT2D eigenvalue weighted by Crippen LogP contribution is 2.39. The molecule has 0 saturated carbocycles. The lowest BCUT2D eigenvalue weighted by molar-refractivity contribution is 1.14. The molecule has 0 bridgehead atoms. The zero-order valence-electron chi connectivity index (χ0n) is 18.1. The summed E-state index contributed by atoms with van der Waals surface area (Å²) in [6.07, 6.45) is 1.86. The molecule has 3 heterocycles. The molecular formula is C30H17N3S. The second-order valence-electron chi connectivity index (χ2n) is 8.38. The van der Waals surface area contributed by atoms with Crippen LogP contribution in [0.4, 0.5) is 5.69 Å². The summed E-state index contributed by atoms with van der Waals surface area (Å²) < 4.78 is 4.70. The first-order valence-electron chi connectivity index (χ1n) is 11.1. The number of hydrogen-bond acceptors (Lipinski definition) is 2. The Balaban J connectivity index is 1.44. The second kappa shape index (κ2) is 7.28. The average Bonchev–Trinajstić information content (AvgIpc) is 3.43. The fraction of sp³-hybridized carbons (Fsp3) is 0. The van der Waals surface area contributed by atoms with Gasteiger partial charge in [-0.15, -0.1) is 11.3 Å². The third-order valence-corrected chi connectivity index (χ3v) is 7.61. The van der Waals surface area contributed by atoms with Gasteiger partial charge >= 0.3 is 0 Å². The maximum Gasteiger partial charge on any atom is 0.187 e. The van der Waals surface area contributed by atoms with Crippen LogP contribution in [0, 0.1) is 6.57 Å². The van der Waals surface area contributed by atoms with Gasteiger partial charge in [0, 0.05) is 32.1 Å². The van der Waals surface area contributed by atoms with Crippen molar-refractivity contribution in [2.24, 2.45) is 0 Å². The van der Waals surface area contributed by atoms with Gasteiger partial charge in [0.25, 0.3) is 0 Å². The van der Waals surface area contributed by atoms with E-state index >= 15 is 0 Å². The molecule has 3 aromatic heterocycles. The summed E-state index contributed by atoms with van der Waals surface area (Å²) in [4.78, 5) is 8.35. The summed E-state index contributed by atoms with van der Waals surface area (Å²) in [5, 5.41) is 4.72. The molecule has 158 valence electrons. The van der Waals surface area contributed by atoms with Gasteiger partial charge in [0.1, 0.15) is 5.65 Å². The third-order valence-electron chi connectivity index (χ3n) is 6.45. The van der Waals surface area contributed by atoms with Crippen LogP contribution in [0.1, 0.15) is 0 Å². The Kier molecular flexibility index (Phi) is 4.08. The van der Waals surface area contributed by atoms with Gasteiger partial charge < -0.3 is 0 Å². The first kappa shape index (κ1) is 19.0. The number of benzene rings is 4. The van der Waals surface area contributed by atoms with Crippen molar-refractivity contribution in [3.05, 3.63) is 115 Å². The molecule has 0 amide bonds. The van der Waals surface area contributed by atoms with E-state index in [0.29, 0.717) is 5.69 Å². The van der Waals surface area contributed by atoms with Crippen molar-refractivity contribution in [3.63, 3.8) is 0 Å². The van der Waals surface area contributed by atoms with Crippen LogP contribution in [-0.4, -0.2) is 9.55 Å². The summed E-state index contributed by atoms with van der Waals surface area (Å²) >= 11 is 1.77. The fourth-order valence-electron chi connectivity index (χ4n) is 4.90. The number of fused-ring (bicyclic) bond motifs is 6. The molecule has 0 N–H and O–H groups in total. The van der Waals surface area contributed by atoms with E-state index in [1.807, 2.05) is 24.4 Å². The number of pyridine rings is 1. The van der Waals surface area contributed by atoms with Crippen LogP contribution in [0.15, 0.2) is 103 Å². The first-order valence-corrected chi connectivity index (χ1v) is 11.9. The third kappa shape index (κ3) is 2.78. The summed E-state index contributed by atoms with van der Waals surface area (Å²) in [5.41, 5.74) is 6.20. The molecule has 3 nitrogen and oxygen atoms in total. The van der Waals surface area contributed by atoms with Crippen molar-refractivity contribution >= 4 is 59.1 Å². The van der Waals surface area contributed by atoms with E-state index < -0.39 is 0 Å². The van der Waals surface area contributed by atoms with Gasteiger partial charge in [-0.2, -0.15) is 0 Å². The molecular weight excluding hydrogens is 434 g/mol. The lowest BCUT2D eigenvalue weighted by atomic mass is 10.0. The number of nitrogens with zero attached hydrogens (tertiary/aromatic N) is 3. The van der Waals surface area contributed by atoms with Crippen molar-refractivity contribution in [2.75, 3.05) is 0 Å². The Bertz CT molecular complexity index is 1880. The van der Waals surface area contributed by atoms with Crippen molar-refractivity contribution in [3.8, 4) is 16.8 Å². The van der Waals surface area contributed by atoms with Crippen LogP contribution in [0.5, 0.6) is 0 Å². The zero-order valence-corrected chi connectivity index (χ0v) is 18.9. The Morgan fingerprint density at radius 1 is 0.676 bits per heavy atom. The monoisotopic (exact) mass is 451 g/mol. The van der Waals surface area contributed by atoms with Crippen LogP contribution < -0.4 is 0 Å². The maximum absolute atomic E-state index is 7.38. The number of para-hydroxylation sites is 1. The van der Waals surface area contributed by atoms with Crippen molar-refractivity contribution in [2.45, 2.75) is 0 Å². The number of rotatable bonds is 2. The number of aromatic nitrogens is 2. The standard InChI is InChI=1S/C30H17N3S/c1-31-21-12-14-29-26(18-21)25-17-20(11-13-28(25)34-29)19-6-4-7-22(16-19)33-27-10-3-2-8-23(27)24-9-5-15-32-30(24)33/h2-18H. The van der Waals surface area contributed by atoms with E-state index in [2.05, 4.69) is 88.3 Å². The predicted molar refractivity (Wildman–Crippen MR) is 143 cm³/mol. The van der Waals surface area contributed by atoms with E-state index in [1.165, 1.54) is 20.2 Å². The topological polar surface area (TPSA) is 22.2 Å². The minimum absolute atomic E-state index is 0.679. The van der Waals surface area contributed by atoms with Crippen molar-refractivity contribution < 1.29 is 0 Å². The van der Waals surface area contributed by atoms with Gasteiger partial charge in [-0.05, 0) is 70.4 Å². The summed E-state index contributed by atoms with van der Waals surface area (Å²) in [6.45, 7) is 7.38. The molecule has 0 aliphatic heterocycles. The lowest BCUT2D eigenvalue weighted by Crippen LogP contribution is -1.95. The minimum atomic E-state index is 0.679. The van der Waals surface area contributed by atoms with Gasteiger partial charge in [0.15, 0.2) is 5.69 Å². The van der Waals surface area contributed by atoms with Crippen LogP contribution in [0.25, 0.3) is 63.8 Å². The van der Waals surface area contributed by atoms with Gasteiger partial charge in [-0.3, -0.25) is 4.57 Å². The SMILES string of the molecule is [C-]#[N+]c1ccc2sc3ccc(-c4cccc(-n5c6ccccc6c6cccnc65)c4)cc3c2c1. The number of hydrogen-bond donors (Lipinski definition) is 0. The van der Waals surface area contributed by atoms with E-state index in [0.717, 1.165) is 38.8 Å². The molecule has 7 rings (SSSR count). The first-order chi connectivity index (χ1) is 16.8. The van der Waals surface area contributed by atoms with Crippen molar-refractivity contribution in [1.29, 1.82) is 0 Å². The van der Waals surface area contributed by atoms with Crippen LogP contribution in [0.3, 0.4) is 0 Å². The molecule has 0 fully saturated rings. The van der Waals surface area contributed by atoms with Gasteiger partial charge in [-0.25, -0.2) is 9.83 Å². The molecule has 0 saturated heterocycles. The molecule has 0 unspecified atom stereocenters. The second-order valence-corrected chi connectivity index (χ2v) is 9.47. The smallest absolute Gasteiger partial charge is 0.187 e. The Labute approximate surface area is 200 Å². The van der Waals surface area contributed by atoms with E-state index in [1.54, 1.807) is 11.3 Å². The lowest BCUT2D eigenvalue weighted by Gasteiger charge is -2.10. The molecule has 4 heteroatoms. The Morgan fingerprint density at radius 2 is 1.47 bits per heavy atom. The summed E-state index contributed by atoms with van der Waals surface area (Å²) in [5.74, 6) is 0. The maximum atomic E-state index is 7.38. The normalized spacial score (nSPS) is 11.5. The van der Waals surface area contributed by atoms with E-state index in [9.17, 15) is 0 Å². The van der Waals surface area contributed by atoms with Crippen molar-refractivity contribution in [1.82, 2.24) is 9.55 Å². The molecule has 0 spiro atoms. The fourth-order valence-corrected chi connectivity index (χ4v) is 5.96. The van der Waals surface area contributed by atoms with E-state index in [4.69, 9.17) is 11.6 Å².